The van der Waals surface area contributed by atoms with Crippen molar-refractivity contribution < 1.29 is 9.47 Å². The standard InChI is InChI=1S/C13H20O2/c1-11(15-3)13(10-14-2)9-12-7-5-4-6-8-12/h4-8,11,13H,9-10H2,1-3H3. The van der Waals surface area contributed by atoms with E-state index in [0.29, 0.717) is 5.92 Å². The molecule has 15 heavy (non-hydrogen) atoms. The van der Waals surface area contributed by atoms with Crippen LogP contribution in [0, 0.1) is 5.92 Å². The number of benzene rings is 1. The molecule has 0 aliphatic carbocycles. The second-order valence-electron chi connectivity index (χ2n) is 3.85. The third-order valence-corrected chi connectivity index (χ3v) is 2.76. The van der Waals surface area contributed by atoms with Gasteiger partial charge in [-0.1, -0.05) is 30.3 Å². The maximum absolute atomic E-state index is 5.36. The Balaban J connectivity index is 2.58. The summed E-state index contributed by atoms with van der Waals surface area (Å²) in [6.07, 6.45) is 1.23. The van der Waals surface area contributed by atoms with E-state index in [1.165, 1.54) is 5.56 Å². The third kappa shape index (κ3) is 4.02. The van der Waals surface area contributed by atoms with Gasteiger partial charge in [-0.05, 0) is 18.9 Å². The van der Waals surface area contributed by atoms with E-state index in [0.717, 1.165) is 13.0 Å². The molecule has 2 heteroatoms. The molecule has 2 atom stereocenters. The van der Waals surface area contributed by atoms with Crippen LogP contribution in [0.25, 0.3) is 0 Å². The fourth-order valence-electron chi connectivity index (χ4n) is 1.68. The first-order valence-corrected chi connectivity index (χ1v) is 5.33. The van der Waals surface area contributed by atoms with Crippen molar-refractivity contribution in [1.82, 2.24) is 0 Å². The number of methoxy groups -OCH3 is 2. The van der Waals surface area contributed by atoms with Gasteiger partial charge in [0.25, 0.3) is 0 Å². The molecule has 1 aromatic carbocycles. The fraction of sp³-hybridized carbons (Fsp3) is 0.538. The highest BCUT2D eigenvalue weighted by Crippen LogP contribution is 2.14. The minimum atomic E-state index is 0.227. The van der Waals surface area contributed by atoms with Gasteiger partial charge in [0.1, 0.15) is 0 Å². The van der Waals surface area contributed by atoms with Gasteiger partial charge in [0.15, 0.2) is 0 Å². The lowest BCUT2D eigenvalue weighted by Crippen LogP contribution is -2.25. The monoisotopic (exact) mass is 208 g/mol. The molecule has 0 saturated heterocycles. The van der Waals surface area contributed by atoms with E-state index in [4.69, 9.17) is 9.47 Å². The molecule has 0 spiro atoms. The summed E-state index contributed by atoms with van der Waals surface area (Å²) in [4.78, 5) is 0. The van der Waals surface area contributed by atoms with E-state index in [1.807, 2.05) is 6.07 Å². The topological polar surface area (TPSA) is 18.5 Å². The number of rotatable bonds is 6. The average Bonchev–Trinajstić information content (AvgIpc) is 2.29. The van der Waals surface area contributed by atoms with Crippen molar-refractivity contribution in [3.8, 4) is 0 Å². The van der Waals surface area contributed by atoms with Gasteiger partial charge in [-0.3, -0.25) is 0 Å². The van der Waals surface area contributed by atoms with Crippen molar-refractivity contribution in [3.63, 3.8) is 0 Å². The average molecular weight is 208 g/mol. The molecule has 84 valence electrons. The molecule has 0 radical (unpaired) electrons. The Morgan fingerprint density at radius 2 is 1.80 bits per heavy atom. The maximum atomic E-state index is 5.36. The largest absolute Gasteiger partial charge is 0.384 e. The molecule has 1 aromatic rings. The predicted molar refractivity (Wildman–Crippen MR) is 62.0 cm³/mol. The van der Waals surface area contributed by atoms with Gasteiger partial charge in [-0.25, -0.2) is 0 Å². The maximum Gasteiger partial charge on any atom is 0.0596 e. The van der Waals surface area contributed by atoms with Crippen LogP contribution in [0.15, 0.2) is 30.3 Å². The van der Waals surface area contributed by atoms with Crippen molar-refractivity contribution in [2.24, 2.45) is 5.92 Å². The summed E-state index contributed by atoms with van der Waals surface area (Å²) < 4.78 is 10.6. The number of hydrogen-bond acceptors (Lipinski definition) is 2. The van der Waals surface area contributed by atoms with Crippen LogP contribution in [0.5, 0.6) is 0 Å². The van der Waals surface area contributed by atoms with Crippen molar-refractivity contribution >= 4 is 0 Å². The van der Waals surface area contributed by atoms with Crippen LogP contribution in [0.1, 0.15) is 12.5 Å². The van der Waals surface area contributed by atoms with Crippen LogP contribution in [-0.4, -0.2) is 26.9 Å². The Labute approximate surface area is 92.2 Å². The molecule has 0 amide bonds. The van der Waals surface area contributed by atoms with E-state index < -0.39 is 0 Å². The van der Waals surface area contributed by atoms with Gasteiger partial charge in [0, 0.05) is 20.1 Å². The van der Waals surface area contributed by atoms with Crippen molar-refractivity contribution in [2.45, 2.75) is 19.4 Å². The van der Waals surface area contributed by atoms with Gasteiger partial charge < -0.3 is 9.47 Å². The highest BCUT2D eigenvalue weighted by Gasteiger charge is 2.16. The Morgan fingerprint density at radius 3 is 2.33 bits per heavy atom. The highest BCUT2D eigenvalue weighted by atomic mass is 16.5. The zero-order valence-electron chi connectivity index (χ0n) is 9.77. The van der Waals surface area contributed by atoms with Crippen molar-refractivity contribution in [1.29, 1.82) is 0 Å². The van der Waals surface area contributed by atoms with Crippen LogP contribution < -0.4 is 0 Å². The van der Waals surface area contributed by atoms with Crippen LogP contribution in [-0.2, 0) is 15.9 Å². The minimum Gasteiger partial charge on any atom is -0.384 e. The first-order chi connectivity index (χ1) is 7.27. The van der Waals surface area contributed by atoms with E-state index in [-0.39, 0.29) is 6.10 Å². The lowest BCUT2D eigenvalue weighted by molar-refractivity contribution is 0.0259. The summed E-state index contributed by atoms with van der Waals surface area (Å²) in [6, 6.07) is 10.5. The van der Waals surface area contributed by atoms with E-state index in [2.05, 4.69) is 31.2 Å². The van der Waals surface area contributed by atoms with Crippen molar-refractivity contribution in [3.05, 3.63) is 35.9 Å². The lowest BCUT2D eigenvalue weighted by Gasteiger charge is -2.22. The molecule has 0 saturated carbocycles. The molecule has 0 aromatic heterocycles. The summed E-state index contributed by atoms with van der Waals surface area (Å²) in [7, 11) is 3.48. The molecular weight excluding hydrogens is 188 g/mol. The molecule has 0 fully saturated rings. The second kappa shape index (κ2) is 6.59. The smallest absolute Gasteiger partial charge is 0.0596 e. The summed E-state index contributed by atoms with van der Waals surface area (Å²) in [5, 5.41) is 0. The van der Waals surface area contributed by atoms with Crippen molar-refractivity contribution in [2.75, 3.05) is 20.8 Å². The molecule has 0 heterocycles. The predicted octanol–water partition coefficient (Wildman–Crippen LogP) is 2.53. The number of ether oxygens (including phenoxy) is 2. The summed E-state index contributed by atoms with van der Waals surface area (Å²) >= 11 is 0. The first kappa shape index (κ1) is 12.2. The molecule has 0 N–H and O–H groups in total. The first-order valence-electron chi connectivity index (χ1n) is 5.33. The summed E-state index contributed by atoms with van der Waals surface area (Å²) in [6.45, 7) is 2.83. The Kier molecular flexibility index (Phi) is 5.37. The zero-order valence-corrected chi connectivity index (χ0v) is 9.77. The van der Waals surface area contributed by atoms with Crippen LogP contribution in [0.3, 0.4) is 0 Å². The lowest BCUT2D eigenvalue weighted by atomic mass is 9.95. The Morgan fingerprint density at radius 1 is 1.13 bits per heavy atom. The molecule has 0 aliphatic rings. The molecular formula is C13H20O2. The second-order valence-corrected chi connectivity index (χ2v) is 3.85. The molecule has 0 aliphatic heterocycles. The minimum absolute atomic E-state index is 0.227. The Bertz CT molecular complexity index is 258. The van der Waals surface area contributed by atoms with Crippen LogP contribution in [0.4, 0.5) is 0 Å². The van der Waals surface area contributed by atoms with Crippen LogP contribution in [0.2, 0.25) is 0 Å². The SMILES string of the molecule is COCC(Cc1ccccc1)C(C)OC. The molecule has 2 unspecified atom stereocenters. The van der Waals surface area contributed by atoms with Crippen LogP contribution >= 0.6 is 0 Å². The zero-order chi connectivity index (χ0) is 11.1. The molecule has 2 nitrogen and oxygen atoms in total. The molecule has 1 rings (SSSR count). The fourth-order valence-corrected chi connectivity index (χ4v) is 1.68. The van der Waals surface area contributed by atoms with E-state index in [1.54, 1.807) is 14.2 Å². The van der Waals surface area contributed by atoms with E-state index >= 15 is 0 Å². The summed E-state index contributed by atoms with van der Waals surface area (Å²) in [5.74, 6) is 0.419. The van der Waals surface area contributed by atoms with Gasteiger partial charge >= 0.3 is 0 Å². The highest BCUT2D eigenvalue weighted by molar-refractivity contribution is 5.15. The third-order valence-electron chi connectivity index (χ3n) is 2.76. The van der Waals surface area contributed by atoms with Gasteiger partial charge in [0.05, 0.1) is 12.7 Å². The quantitative estimate of drug-likeness (QED) is 0.715. The Hall–Kier alpha value is -0.860. The normalized spacial score (nSPS) is 14.9. The van der Waals surface area contributed by atoms with E-state index in [9.17, 15) is 0 Å². The molecule has 0 bridgehead atoms. The van der Waals surface area contributed by atoms with Gasteiger partial charge in [0.2, 0.25) is 0 Å². The van der Waals surface area contributed by atoms with Gasteiger partial charge in [-0.15, -0.1) is 0 Å². The van der Waals surface area contributed by atoms with Gasteiger partial charge in [-0.2, -0.15) is 0 Å². The summed E-state index contributed by atoms with van der Waals surface area (Å²) in [5.41, 5.74) is 1.34. The number of hydrogen-bond donors (Lipinski definition) is 0.